The van der Waals surface area contributed by atoms with Gasteiger partial charge in [0, 0.05) is 0 Å². The second-order valence-corrected chi connectivity index (χ2v) is 4.41. The molecule has 0 radical (unpaired) electrons. The van der Waals surface area contributed by atoms with E-state index in [9.17, 15) is 5.11 Å². The van der Waals surface area contributed by atoms with Crippen LogP contribution in [-0.2, 0) is 0 Å². The molecule has 5 heteroatoms. The van der Waals surface area contributed by atoms with Gasteiger partial charge in [-0.3, -0.25) is 5.43 Å². The molecule has 92 valence electrons. The lowest BCUT2D eigenvalue weighted by Gasteiger charge is -2.01. The zero-order chi connectivity index (χ0) is 13.0. The number of nitrogens with one attached hydrogen (secondary N) is 1. The summed E-state index contributed by atoms with van der Waals surface area (Å²) in [5.41, 5.74) is 4.36. The molecule has 0 unspecified atom stereocenters. The van der Waals surface area contributed by atoms with Gasteiger partial charge in [0.15, 0.2) is 0 Å². The predicted octanol–water partition coefficient (Wildman–Crippen LogP) is 4.15. The first-order chi connectivity index (χ1) is 8.65. The quantitative estimate of drug-likeness (QED) is 0.655. The Bertz CT molecular complexity index is 585. The summed E-state index contributed by atoms with van der Waals surface area (Å²) in [7, 11) is 0. The lowest BCUT2D eigenvalue weighted by atomic mass is 10.2. The monoisotopic (exact) mass is 280 g/mol. The Morgan fingerprint density at radius 1 is 1.06 bits per heavy atom. The number of halogens is 2. The highest BCUT2D eigenvalue weighted by Gasteiger charge is 1.97. The van der Waals surface area contributed by atoms with Crippen LogP contribution in [0.4, 0.5) is 5.69 Å². The van der Waals surface area contributed by atoms with Gasteiger partial charge in [-0.05, 0) is 35.9 Å². The number of aromatic hydroxyl groups is 1. The average Bonchev–Trinajstić information content (AvgIpc) is 2.34. The average molecular weight is 281 g/mol. The third kappa shape index (κ3) is 3.39. The molecule has 0 atom stereocenters. The van der Waals surface area contributed by atoms with Crippen molar-refractivity contribution in [3.8, 4) is 5.75 Å². The lowest BCUT2D eigenvalue weighted by molar-refractivity contribution is 0.475. The number of hydrazone groups is 1. The maximum absolute atomic E-state index is 9.28. The van der Waals surface area contributed by atoms with Crippen molar-refractivity contribution in [2.75, 3.05) is 5.43 Å². The molecule has 18 heavy (non-hydrogen) atoms. The number of benzene rings is 2. The van der Waals surface area contributed by atoms with E-state index in [0.29, 0.717) is 10.0 Å². The van der Waals surface area contributed by atoms with Crippen LogP contribution in [0.2, 0.25) is 10.0 Å². The zero-order valence-corrected chi connectivity index (χ0v) is 10.8. The predicted molar refractivity (Wildman–Crippen MR) is 75.8 cm³/mol. The topological polar surface area (TPSA) is 44.6 Å². The SMILES string of the molecule is Oc1cccc(/C=N\Nc2ccc(Cl)c(Cl)c2)c1. The van der Waals surface area contributed by atoms with Crippen LogP contribution in [0.25, 0.3) is 0 Å². The second kappa shape index (κ2) is 5.76. The summed E-state index contributed by atoms with van der Waals surface area (Å²) in [4.78, 5) is 0. The van der Waals surface area contributed by atoms with Crippen molar-refractivity contribution in [1.29, 1.82) is 0 Å². The molecule has 2 N–H and O–H groups in total. The van der Waals surface area contributed by atoms with Crippen molar-refractivity contribution in [2.24, 2.45) is 5.10 Å². The van der Waals surface area contributed by atoms with Crippen LogP contribution in [0.3, 0.4) is 0 Å². The molecule has 0 bridgehead atoms. The molecule has 0 aromatic heterocycles. The number of rotatable bonds is 3. The van der Waals surface area contributed by atoms with Gasteiger partial charge in [0.05, 0.1) is 21.9 Å². The third-order valence-corrected chi connectivity index (χ3v) is 2.94. The van der Waals surface area contributed by atoms with Gasteiger partial charge >= 0.3 is 0 Å². The van der Waals surface area contributed by atoms with E-state index in [-0.39, 0.29) is 5.75 Å². The summed E-state index contributed by atoms with van der Waals surface area (Å²) in [5, 5.41) is 14.3. The maximum atomic E-state index is 9.28. The summed E-state index contributed by atoms with van der Waals surface area (Å²) in [5.74, 6) is 0.202. The number of hydrogen-bond acceptors (Lipinski definition) is 3. The highest BCUT2D eigenvalue weighted by atomic mass is 35.5. The van der Waals surface area contributed by atoms with Crippen molar-refractivity contribution < 1.29 is 5.11 Å². The van der Waals surface area contributed by atoms with E-state index >= 15 is 0 Å². The van der Waals surface area contributed by atoms with Gasteiger partial charge in [-0.15, -0.1) is 0 Å². The van der Waals surface area contributed by atoms with Gasteiger partial charge in [0.1, 0.15) is 5.75 Å². The minimum absolute atomic E-state index is 0.202. The largest absolute Gasteiger partial charge is 0.508 e. The van der Waals surface area contributed by atoms with Crippen LogP contribution >= 0.6 is 23.2 Å². The van der Waals surface area contributed by atoms with Gasteiger partial charge in [0.25, 0.3) is 0 Å². The van der Waals surface area contributed by atoms with Gasteiger partial charge in [0.2, 0.25) is 0 Å². The standard InChI is InChI=1S/C13H10Cl2N2O/c14-12-5-4-10(7-13(12)15)17-16-8-9-2-1-3-11(18)6-9/h1-8,17-18H/b16-8-. The molecule has 2 aromatic carbocycles. The lowest BCUT2D eigenvalue weighted by Crippen LogP contribution is -1.90. The van der Waals surface area contributed by atoms with Crippen molar-refractivity contribution in [1.82, 2.24) is 0 Å². The van der Waals surface area contributed by atoms with Crippen LogP contribution < -0.4 is 5.43 Å². The number of anilines is 1. The van der Waals surface area contributed by atoms with E-state index in [1.807, 2.05) is 6.07 Å². The van der Waals surface area contributed by atoms with Crippen molar-refractivity contribution in [3.63, 3.8) is 0 Å². The first-order valence-corrected chi connectivity index (χ1v) is 5.94. The fraction of sp³-hybridized carbons (Fsp3) is 0. The van der Waals surface area contributed by atoms with Crippen LogP contribution in [0, 0.1) is 0 Å². The number of phenolic OH excluding ortho intramolecular Hbond substituents is 1. The normalized spacial score (nSPS) is 10.8. The summed E-state index contributed by atoms with van der Waals surface area (Å²) in [6.45, 7) is 0. The zero-order valence-electron chi connectivity index (χ0n) is 9.27. The molecule has 0 spiro atoms. The van der Waals surface area contributed by atoms with Crippen LogP contribution in [0.5, 0.6) is 5.75 Å². The summed E-state index contributed by atoms with van der Waals surface area (Å²) in [6, 6.07) is 11.9. The Kier molecular flexibility index (Phi) is 4.07. The van der Waals surface area contributed by atoms with Crippen molar-refractivity contribution in [3.05, 3.63) is 58.1 Å². The summed E-state index contributed by atoms with van der Waals surface area (Å²) >= 11 is 11.7. The molecule has 0 amide bonds. The van der Waals surface area contributed by atoms with Crippen molar-refractivity contribution in [2.45, 2.75) is 0 Å². The molecule has 0 aliphatic rings. The van der Waals surface area contributed by atoms with E-state index < -0.39 is 0 Å². The number of hydrogen-bond donors (Lipinski definition) is 2. The Labute approximate surface area is 115 Å². The Balaban J connectivity index is 2.05. The molecule has 0 saturated heterocycles. The molecular weight excluding hydrogens is 271 g/mol. The smallest absolute Gasteiger partial charge is 0.116 e. The summed E-state index contributed by atoms with van der Waals surface area (Å²) in [6.07, 6.45) is 1.60. The molecule has 0 fully saturated rings. The Morgan fingerprint density at radius 3 is 2.61 bits per heavy atom. The first kappa shape index (κ1) is 12.7. The molecule has 0 heterocycles. The van der Waals surface area contributed by atoms with E-state index in [2.05, 4.69) is 10.5 Å². The van der Waals surface area contributed by atoms with Crippen LogP contribution in [0.1, 0.15) is 5.56 Å². The molecule has 2 aromatic rings. The van der Waals surface area contributed by atoms with Crippen molar-refractivity contribution >= 4 is 35.1 Å². The van der Waals surface area contributed by atoms with Gasteiger partial charge in [-0.1, -0.05) is 35.3 Å². The second-order valence-electron chi connectivity index (χ2n) is 3.59. The van der Waals surface area contributed by atoms with Crippen LogP contribution in [-0.4, -0.2) is 11.3 Å². The maximum Gasteiger partial charge on any atom is 0.116 e. The molecule has 3 nitrogen and oxygen atoms in total. The molecule has 2 rings (SSSR count). The molecule has 0 aliphatic heterocycles. The highest BCUT2D eigenvalue weighted by Crippen LogP contribution is 2.24. The van der Waals surface area contributed by atoms with E-state index in [4.69, 9.17) is 23.2 Å². The van der Waals surface area contributed by atoms with E-state index in [1.54, 1.807) is 42.6 Å². The highest BCUT2D eigenvalue weighted by molar-refractivity contribution is 6.42. The third-order valence-electron chi connectivity index (χ3n) is 2.20. The molecule has 0 aliphatic carbocycles. The van der Waals surface area contributed by atoms with Gasteiger partial charge in [-0.25, -0.2) is 0 Å². The Morgan fingerprint density at radius 2 is 1.89 bits per heavy atom. The summed E-state index contributed by atoms with van der Waals surface area (Å²) < 4.78 is 0. The van der Waals surface area contributed by atoms with Crippen LogP contribution in [0.15, 0.2) is 47.6 Å². The van der Waals surface area contributed by atoms with Gasteiger partial charge in [-0.2, -0.15) is 5.10 Å². The fourth-order valence-electron chi connectivity index (χ4n) is 1.35. The first-order valence-electron chi connectivity index (χ1n) is 5.18. The minimum Gasteiger partial charge on any atom is -0.508 e. The minimum atomic E-state index is 0.202. The van der Waals surface area contributed by atoms with E-state index in [0.717, 1.165) is 11.3 Å². The number of phenols is 1. The molecular formula is C13H10Cl2N2O. The fourth-order valence-corrected chi connectivity index (χ4v) is 1.65. The number of nitrogens with zero attached hydrogens (tertiary/aromatic N) is 1. The van der Waals surface area contributed by atoms with E-state index in [1.165, 1.54) is 0 Å². The molecule has 0 saturated carbocycles. The van der Waals surface area contributed by atoms with Gasteiger partial charge < -0.3 is 5.11 Å². The Hall–Kier alpha value is -1.71.